The first-order valence-electron chi connectivity index (χ1n) is 37.7. The number of hydrogen-bond donors (Lipinski definition) is 3. The molecule has 0 aliphatic carbocycles. The second-order valence-corrected chi connectivity index (χ2v) is 31.1. The highest BCUT2D eigenvalue weighted by atomic mass is 31.2. The summed E-state index contributed by atoms with van der Waals surface area (Å²) in [5, 5.41) is 10.6. The number of carbonyl (C=O) groups excluding carboxylic acids is 4. The maximum absolute atomic E-state index is 13.0. The van der Waals surface area contributed by atoms with E-state index in [2.05, 4.69) is 55.4 Å². The first-order chi connectivity index (χ1) is 44.1. The summed E-state index contributed by atoms with van der Waals surface area (Å²) < 4.78 is 68.4. The van der Waals surface area contributed by atoms with Gasteiger partial charge in [-0.1, -0.05) is 312 Å². The average Bonchev–Trinajstić information content (AvgIpc) is 2.60. The van der Waals surface area contributed by atoms with Gasteiger partial charge in [0.05, 0.1) is 26.4 Å². The summed E-state index contributed by atoms with van der Waals surface area (Å²) in [6.45, 7) is 14.1. The molecule has 0 amide bonds. The first-order valence-corrected chi connectivity index (χ1v) is 40.7. The van der Waals surface area contributed by atoms with Gasteiger partial charge in [-0.2, -0.15) is 0 Å². The molecule has 0 aliphatic rings. The summed E-state index contributed by atoms with van der Waals surface area (Å²) in [5.74, 6) is 0.875. The van der Waals surface area contributed by atoms with Crippen molar-refractivity contribution in [1.29, 1.82) is 0 Å². The summed E-state index contributed by atoms with van der Waals surface area (Å²) in [6.07, 6.45) is 45.8. The van der Waals surface area contributed by atoms with Crippen LogP contribution in [0.5, 0.6) is 0 Å². The fourth-order valence-corrected chi connectivity index (χ4v) is 12.6. The Labute approximate surface area is 562 Å². The van der Waals surface area contributed by atoms with Crippen molar-refractivity contribution >= 4 is 39.5 Å². The molecule has 0 aromatic carbocycles. The fourth-order valence-electron chi connectivity index (χ4n) is 11.0. The largest absolute Gasteiger partial charge is 0.472 e. The van der Waals surface area contributed by atoms with E-state index >= 15 is 0 Å². The Hall–Kier alpha value is -1.94. The molecule has 19 heteroatoms. The van der Waals surface area contributed by atoms with E-state index in [0.29, 0.717) is 31.6 Å². The lowest BCUT2D eigenvalue weighted by Crippen LogP contribution is -2.30. The number of phosphoric ester groups is 2. The van der Waals surface area contributed by atoms with Crippen molar-refractivity contribution in [2.24, 2.45) is 23.7 Å². The van der Waals surface area contributed by atoms with Crippen LogP contribution in [0.25, 0.3) is 0 Å². The van der Waals surface area contributed by atoms with E-state index < -0.39 is 97.5 Å². The molecule has 3 unspecified atom stereocenters. The normalized spacial score (nSPS) is 14.2. The van der Waals surface area contributed by atoms with Gasteiger partial charge in [0.25, 0.3) is 0 Å². The summed E-state index contributed by atoms with van der Waals surface area (Å²) in [6, 6.07) is 0. The van der Waals surface area contributed by atoms with E-state index in [1.165, 1.54) is 161 Å². The van der Waals surface area contributed by atoms with Crippen LogP contribution in [-0.2, 0) is 65.4 Å². The van der Waals surface area contributed by atoms with Gasteiger partial charge in [-0.25, -0.2) is 9.13 Å². The number of aliphatic hydroxyl groups excluding tert-OH is 1. The molecule has 92 heavy (non-hydrogen) atoms. The number of ether oxygens (including phenoxy) is 4. The zero-order valence-corrected chi connectivity index (χ0v) is 62.0. The highest BCUT2D eigenvalue weighted by Crippen LogP contribution is 2.45. The van der Waals surface area contributed by atoms with Crippen LogP contribution in [-0.4, -0.2) is 96.7 Å². The monoisotopic (exact) mass is 1350 g/mol. The maximum Gasteiger partial charge on any atom is 0.472 e. The van der Waals surface area contributed by atoms with Crippen molar-refractivity contribution in [3.63, 3.8) is 0 Å². The molecule has 0 rings (SSSR count). The van der Waals surface area contributed by atoms with Crippen molar-refractivity contribution in [2.75, 3.05) is 39.6 Å². The summed E-state index contributed by atoms with van der Waals surface area (Å²) in [5.41, 5.74) is 0. The molecular formula is C73H142O17P2. The SMILES string of the molecule is CC(C)CCCCCCCCCCCCCCCC(=O)O[C@H](COC(=O)CCCCCCCCCC(C)C)COP(=O)(O)OCC(O)COP(=O)(O)OC[C@@H](COC(=O)CCCCCCCCCCCC(C)C)OC(=O)CCCCCCCCCCCCCC(C)C. The highest BCUT2D eigenvalue weighted by molar-refractivity contribution is 7.47. The first kappa shape index (κ1) is 90.1. The average molecular weight is 1350 g/mol. The lowest BCUT2D eigenvalue weighted by atomic mass is 10.0. The quantitative estimate of drug-likeness (QED) is 0.0222. The third-order valence-electron chi connectivity index (χ3n) is 16.8. The third-order valence-corrected chi connectivity index (χ3v) is 18.7. The number of unbranched alkanes of at least 4 members (excludes halogenated alkanes) is 36. The summed E-state index contributed by atoms with van der Waals surface area (Å²) >= 11 is 0. The lowest BCUT2D eigenvalue weighted by Gasteiger charge is -2.21. The molecule has 0 aromatic rings. The molecule has 0 spiro atoms. The molecule has 0 saturated carbocycles. The minimum absolute atomic E-state index is 0.105. The maximum atomic E-state index is 13.0. The summed E-state index contributed by atoms with van der Waals surface area (Å²) in [4.78, 5) is 72.7. The van der Waals surface area contributed by atoms with Crippen LogP contribution in [0.1, 0.15) is 364 Å². The second-order valence-electron chi connectivity index (χ2n) is 28.2. The standard InChI is InChI=1S/C73H142O17P2/c1-63(2)49-41-33-25-18-13-10-9-11-15-21-30-39-47-55-72(77)90-69(60-84-71(76)54-46-38-32-24-28-36-44-52-66(7)8)62-88-92(81,82)86-58-67(74)57-85-91(79,80)87-61-68(59-83-70(75)53-45-37-29-23-17-20-27-35-43-51-65(5)6)89-73(78)56-48-40-31-22-16-12-14-19-26-34-42-50-64(3)4/h63-69,74H,9-62H2,1-8H3,(H,79,80)(H,81,82)/t67?,68-,69-/m1/s1. The van der Waals surface area contributed by atoms with E-state index in [9.17, 15) is 43.2 Å². The van der Waals surface area contributed by atoms with Crippen LogP contribution in [0.4, 0.5) is 0 Å². The van der Waals surface area contributed by atoms with Gasteiger partial charge in [0.1, 0.15) is 19.3 Å². The van der Waals surface area contributed by atoms with Crippen molar-refractivity contribution in [3.8, 4) is 0 Å². The van der Waals surface area contributed by atoms with Crippen LogP contribution in [0.2, 0.25) is 0 Å². The van der Waals surface area contributed by atoms with Crippen LogP contribution in [0.15, 0.2) is 0 Å². The number of aliphatic hydroxyl groups is 1. The molecule has 0 radical (unpaired) electrons. The zero-order valence-electron chi connectivity index (χ0n) is 60.2. The molecule has 0 fully saturated rings. The number of rotatable bonds is 70. The zero-order chi connectivity index (χ0) is 68.2. The highest BCUT2D eigenvalue weighted by Gasteiger charge is 2.30. The minimum atomic E-state index is -4.95. The number of phosphoric acid groups is 2. The van der Waals surface area contributed by atoms with Gasteiger partial charge in [-0.05, 0) is 49.4 Å². The van der Waals surface area contributed by atoms with Gasteiger partial charge in [-0.3, -0.25) is 37.3 Å². The van der Waals surface area contributed by atoms with Gasteiger partial charge in [0, 0.05) is 25.7 Å². The van der Waals surface area contributed by atoms with E-state index in [-0.39, 0.29) is 25.7 Å². The van der Waals surface area contributed by atoms with Gasteiger partial charge < -0.3 is 33.8 Å². The molecule has 0 aromatic heterocycles. The Balaban J connectivity index is 5.25. The van der Waals surface area contributed by atoms with Gasteiger partial charge in [0.2, 0.25) is 0 Å². The Morgan fingerprint density at radius 3 is 0.674 bits per heavy atom. The molecule has 0 aliphatic heterocycles. The molecule has 546 valence electrons. The molecule has 5 atom stereocenters. The third kappa shape index (κ3) is 66.7. The van der Waals surface area contributed by atoms with Gasteiger partial charge in [-0.15, -0.1) is 0 Å². The lowest BCUT2D eigenvalue weighted by molar-refractivity contribution is -0.161. The Kier molecular flexibility index (Phi) is 61.3. The van der Waals surface area contributed by atoms with Crippen molar-refractivity contribution in [2.45, 2.75) is 382 Å². The van der Waals surface area contributed by atoms with Crippen LogP contribution >= 0.6 is 15.6 Å². The molecule has 3 N–H and O–H groups in total. The predicted octanol–water partition coefficient (Wildman–Crippen LogP) is 20.9. The van der Waals surface area contributed by atoms with E-state index in [4.69, 9.17) is 37.0 Å². The Bertz CT molecular complexity index is 1820. The number of hydrogen-bond acceptors (Lipinski definition) is 15. The van der Waals surface area contributed by atoms with Crippen molar-refractivity contribution < 1.29 is 80.2 Å². The molecule has 0 heterocycles. The van der Waals surface area contributed by atoms with Crippen molar-refractivity contribution in [3.05, 3.63) is 0 Å². The Morgan fingerprint density at radius 2 is 0.457 bits per heavy atom. The summed E-state index contributed by atoms with van der Waals surface area (Å²) in [7, 11) is -9.91. The van der Waals surface area contributed by atoms with E-state index in [1.54, 1.807) is 0 Å². The fraction of sp³-hybridized carbons (Fsp3) is 0.945. The van der Waals surface area contributed by atoms with E-state index in [1.807, 2.05) is 0 Å². The number of carbonyl (C=O) groups is 4. The van der Waals surface area contributed by atoms with Crippen LogP contribution in [0, 0.1) is 23.7 Å². The smallest absolute Gasteiger partial charge is 0.462 e. The molecular weight excluding hydrogens is 1210 g/mol. The topological polar surface area (TPSA) is 237 Å². The van der Waals surface area contributed by atoms with E-state index in [0.717, 1.165) is 114 Å². The van der Waals surface area contributed by atoms with Crippen LogP contribution < -0.4 is 0 Å². The predicted molar refractivity (Wildman–Crippen MR) is 372 cm³/mol. The van der Waals surface area contributed by atoms with Gasteiger partial charge >= 0.3 is 39.5 Å². The second kappa shape index (κ2) is 62.6. The molecule has 0 bridgehead atoms. The van der Waals surface area contributed by atoms with Crippen LogP contribution in [0.3, 0.4) is 0 Å². The molecule has 17 nitrogen and oxygen atoms in total. The number of esters is 4. The van der Waals surface area contributed by atoms with Crippen molar-refractivity contribution in [1.82, 2.24) is 0 Å². The minimum Gasteiger partial charge on any atom is -0.462 e. The van der Waals surface area contributed by atoms with Gasteiger partial charge in [0.15, 0.2) is 12.2 Å². The molecule has 0 saturated heterocycles. The Morgan fingerprint density at radius 1 is 0.272 bits per heavy atom.